The zero-order chi connectivity index (χ0) is 7.66. The number of unbranched alkanes of at least 4 members (excludes halogenated alkanes) is 1. The summed E-state index contributed by atoms with van der Waals surface area (Å²) in [7, 11) is 0. The van der Waals surface area contributed by atoms with Crippen LogP contribution in [0.15, 0.2) is 30.3 Å². The monoisotopic (exact) mass is 197 g/mol. The molecule has 0 unspecified atom stereocenters. The van der Waals surface area contributed by atoms with Gasteiger partial charge < -0.3 is 6.92 Å². The Morgan fingerprint density at radius 1 is 1.18 bits per heavy atom. The van der Waals surface area contributed by atoms with E-state index in [9.17, 15) is 0 Å². The average molecular weight is 198 g/mol. The first-order valence-corrected chi connectivity index (χ1v) is 3.62. The molecule has 0 aromatic heterocycles. The van der Waals surface area contributed by atoms with E-state index in [1.54, 1.807) is 0 Å². The van der Waals surface area contributed by atoms with Gasteiger partial charge in [0.15, 0.2) is 0 Å². The summed E-state index contributed by atoms with van der Waals surface area (Å²) in [5.41, 5.74) is 0. The van der Waals surface area contributed by atoms with Crippen LogP contribution in [-0.2, 0) is 17.1 Å². The van der Waals surface area contributed by atoms with E-state index in [2.05, 4.69) is 19.9 Å². The largest absolute Gasteiger partial charge is 2.00 e. The van der Waals surface area contributed by atoms with Gasteiger partial charge in [-0.15, -0.1) is 0 Å². The summed E-state index contributed by atoms with van der Waals surface area (Å²) in [5, 5.41) is 0. The first-order chi connectivity index (χ1) is 4.91. The van der Waals surface area contributed by atoms with Crippen LogP contribution in [0.25, 0.3) is 0 Å². The van der Waals surface area contributed by atoms with Gasteiger partial charge in [-0.1, -0.05) is 13.3 Å². The van der Waals surface area contributed by atoms with E-state index in [1.165, 1.54) is 6.42 Å². The Hall–Kier alpha value is -0.261. The molecule has 0 saturated carbocycles. The Bertz CT molecular complexity index is 96.8. The van der Waals surface area contributed by atoms with Gasteiger partial charge in [-0.3, -0.25) is 0 Å². The van der Waals surface area contributed by atoms with Crippen LogP contribution < -0.4 is 0 Å². The van der Waals surface area contributed by atoms with Crippen LogP contribution in [0.5, 0.6) is 0 Å². The third-order valence-corrected chi connectivity index (χ3v) is 0.961. The molecule has 0 bridgehead atoms. The zero-order valence-corrected chi connectivity index (χ0v) is 7.75. The minimum atomic E-state index is 0. The van der Waals surface area contributed by atoms with Gasteiger partial charge >= 0.3 is 17.1 Å². The predicted molar refractivity (Wildman–Crippen MR) is 45.5 cm³/mol. The van der Waals surface area contributed by atoms with E-state index in [0.29, 0.717) is 0 Å². The molecule has 1 aromatic carbocycles. The summed E-state index contributed by atoms with van der Waals surface area (Å²) in [4.78, 5) is 0. The second-order valence-electron chi connectivity index (χ2n) is 1.93. The number of hydrogen-bond donors (Lipinski definition) is 0. The summed E-state index contributed by atoms with van der Waals surface area (Å²) < 4.78 is 0. The molecule has 0 aliphatic heterocycles. The molecule has 0 amide bonds. The van der Waals surface area contributed by atoms with Crippen molar-refractivity contribution in [1.82, 2.24) is 0 Å². The van der Waals surface area contributed by atoms with Crippen LogP contribution in [-0.4, -0.2) is 0 Å². The first kappa shape index (κ1) is 13.3. The Morgan fingerprint density at radius 2 is 1.64 bits per heavy atom. The third-order valence-electron chi connectivity index (χ3n) is 0.961. The quantitative estimate of drug-likeness (QED) is 0.480. The second kappa shape index (κ2) is 12.4. The van der Waals surface area contributed by atoms with Crippen LogP contribution in [0.2, 0.25) is 0 Å². The zero-order valence-electron chi connectivity index (χ0n) is 6.81. The van der Waals surface area contributed by atoms with Crippen molar-refractivity contribution < 1.29 is 17.1 Å². The molecule has 0 spiro atoms. The fraction of sp³-hybridized carbons (Fsp3) is 0.300. The molecule has 1 heteroatoms. The maximum absolute atomic E-state index is 3.60. The Morgan fingerprint density at radius 3 is 1.73 bits per heavy atom. The molecule has 0 fully saturated rings. The van der Waals surface area contributed by atoms with Crippen LogP contribution >= 0.6 is 0 Å². The SMILES string of the molecule is [CH2-]CCC.[Cu+2].[c-]1ccccc1. The van der Waals surface area contributed by atoms with E-state index in [1.807, 2.05) is 30.3 Å². The first-order valence-electron chi connectivity index (χ1n) is 3.62. The summed E-state index contributed by atoms with van der Waals surface area (Å²) in [6, 6.07) is 12.5. The van der Waals surface area contributed by atoms with Crippen molar-refractivity contribution in [2.45, 2.75) is 19.8 Å². The fourth-order valence-electron chi connectivity index (χ4n) is 0.342. The Balaban J connectivity index is 0. The van der Waals surface area contributed by atoms with E-state index in [0.717, 1.165) is 6.42 Å². The van der Waals surface area contributed by atoms with E-state index in [-0.39, 0.29) is 17.1 Å². The normalized spacial score (nSPS) is 7.09. The molecular formula is C10H14Cu. The molecule has 0 saturated heterocycles. The summed E-state index contributed by atoms with van der Waals surface area (Å²) in [6.45, 7) is 5.72. The number of rotatable bonds is 1. The van der Waals surface area contributed by atoms with Gasteiger partial charge in [0.25, 0.3) is 0 Å². The van der Waals surface area contributed by atoms with Crippen molar-refractivity contribution in [3.8, 4) is 0 Å². The standard InChI is InChI=1S/C6H5.C4H9.Cu/c1-2-4-6-5-3-1;1-3-4-2;/h1-5H;1,3-4H2,2H3;/q2*-1;+2. The Kier molecular flexibility index (Phi) is 15.1. The van der Waals surface area contributed by atoms with Crippen molar-refractivity contribution in [2.75, 3.05) is 0 Å². The molecule has 0 N–H and O–H groups in total. The van der Waals surface area contributed by atoms with Gasteiger partial charge in [-0.05, 0) is 0 Å². The second-order valence-corrected chi connectivity index (χ2v) is 1.93. The molecule has 0 nitrogen and oxygen atoms in total. The average Bonchev–Trinajstić information content (AvgIpc) is 2.08. The fourth-order valence-corrected chi connectivity index (χ4v) is 0.342. The van der Waals surface area contributed by atoms with Crippen molar-refractivity contribution in [3.63, 3.8) is 0 Å². The molecule has 1 rings (SSSR count). The Labute approximate surface area is 80.5 Å². The molecule has 1 radical (unpaired) electrons. The van der Waals surface area contributed by atoms with Gasteiger partial charge in [-0.25, -0.2) is 0 Å². The van der Waals surface area contributed by atoms with E-state index in [4.69, 9.17) is 0 Å². The molecule has 65 valence electrons. The van der Waals surface area contributed by atoms with Crippen LogP contribution in [0.3, 0.4) is 0 Å². The van der Waals surface area contributed by atoms with Crippen LogP contribution in [0.1, 0.15) is 19.8 Å². The molecule has 1 aromatic rings. The molecule has 0 aliphatic rings. The summed E-state index contributed by atoms with van der Waals surface area (Å²) in [5.74, 6) is 0. The molecule has 0 heterocycles. The van der Waals surface area contributed by atoms with Gasteiger partial charge in [0.2, 0.25) is 0 Å². The third kappa shape index (κ3) is 12.8. The minimum absolute atomic E-state index is 0. The van der Waals surface area contributed by atoms with Gasteiger partial charge in [0, 0.05) is 0 Å². The van der Waals surface area contributed by atoms with Gasteiger partial charge in [-0.2, -0.15) is 42.8 Å². The predicted octanol–water partition coefficient (Wildman–Crippen LogP) is 3.10. The topological polar surface area (TPSA) is 0 Å². The smallest absolute Gasteiger partial charge is 0.343 e. The molecule has 0 aliphatic carbocycles. The summed E-state index contributed by atoms with van der Waals surface area (Å²) in [6.07, 6.45) is 2.28. The van der Waals surface area contributed by atoms with E-state index >= 15 is 0 Å². The summed E-state index contributed by atoms with van der Waals surface area (Å²) >= 11 is 0. The van der Waals surface area contributed by atoms with Crippen molar-refractivity contribution in [1.29, 1.82) is 0 Å². The van der Waals surface area contributed by atoms with Gasteiger partial charge in [0.1, 0.15) is 0 Å². The molecule has 11 heavy (non-hydrogen) atoms. The van der Waals surface area contributed by atoms with Crippen LogP contribution in [0, 0.1) is 13.0 Å². The van der Waals surface area contributed by atoms with Crippen LogP contribution in [0.4, 0.5) is 0 Å². The molecule has 0 atom stereocenters. The number of hydrogen-bond acceptors (Lipinski definition) is 0. The number of benzene rings is 1. The molecular weight excluding hydrogens is 184 g/mol. The van der Waals surface area contributed by atoms with E-state index < -0.39 is 0 Å². The maximum Gasteiger partial charge on any atom is 2.00 e. The van der Waals surface area contributed by atoms with Gasteiger partial charge in [0.05, 0.1) is 0 Å². The van der Waals surface area contributed by atoms with Crippen molar-refractivity contribution >= 4 is 0 Å². The minimum Gasteiger partial charge on any atom is -0.343 e. The van der Waals surface area contributed by atoms with Crippen molar-refractivity contribution in [3.05, 3.63) is 43.3 Å². The maximum atomic E-state index is 3.60. The van der Waals surface area contributed by atoms with Crippen molar-refractivity contribution in [2.24, 2.45) is 0 Å².